The quantitative estimate of drug-likeness (QED) is 0.757. The van der Waals surface area contributed by atoms with Gasteiger partial charge in [-0.3, -0.25) is 4.90 Å². The standard InChI is InChI=1S/C13H26N2/c1-10-7-13(14)9-15(8-10)11(2)12-5-3-4-6-12/h10-13H,3-9,14H2,1-2H3. The van der Waals surface area contributed by atoms with Crippen LogP contribution in [0, 0.1) is 11.8 Å². The maximum Gasteiger partial charge on any atom is 0.0170 e. The van der Waals surface area contributed by atoms with E-state index in [1.165, 1.54) is 38.6 Å². The molecule has 0 radical (unpaired) electrons. The Kier molecular flexibility index (Phi) is 3.68. The second-order valence-electron chi connectivity index (χ2n) is 5.84. The minimum Gasteiger partial charge on any atom is -0.327 e. The van der Waals surface area contributed by atoms with Crippen LogP contribution in [-0.4, -0.2) is 30.1 Å². The van der Waals surface area contributed by atoms with Crippen molar-refractivity contribution in [1.82, 2.24) is 4.90 Å². The van der Waals surface area contributed by atoms with Crippen LogP contribution in [0.3, 0.4) is 0 Å². The van der Waals surface area contributed by atoms with E-state index < -0.39 is 0 Å². The van der Waals surface area contributed by atoms with E-state index in [-0.39, 0.29) is 0 Å². The van der Waals surface area contributed by atoms with Gasteiger partial charge in [0.05, 0.1) is 0 Å². The molecule has 1 saturated carbocycles. The van der Waals surface area contributed by atoms with E-state index in [1.807, 2.05) is 0 Å². The summed E-state index contributed by atoms with van der Waals surface area (Å²) in [4.78, 5) is 2.65. The fourth-order valence-corrected chi connectivity index (χ4v) is 3.51. The zero-order valence-electron chi connectivity index (χ0n) is 10.3. The van der Waals surface area contributed by atoms with Gasteiger partial charge >= 0.3 is 0 Å². The third-order valence-electron chi connectivity index (χ3n) is 4.38. The Morgan fingerprint density at radius 3 is 2.47 bits per heavy atom. The minimum atomic E-state index is 0.414. The van der Waals surface area contributed by atoms with Crippen molar-refractivity contribution in [3.05, 3.63) is 0 Å². The van der Waals surface area contributed by atoms with E-state index in [0.717, 1.165) is 24.4 Å². The lowest BCUT2D eigenvalue weighted by atomic mass is 9.91. The summed E-state index contributed by atoms with van der Waals surface area (Å²) >= 11 is 0. The predicted octanol–water partition coefficient (Wildman–Crippen LogP) is 2.23. The molecule has 0 aromatic rings. The number of rotatable bonds is 2. The average molecular weight is 210 g/mol. The van der Waals surface area contributed by atoms with Crippen molar-refractivity contribution in [3.8, 4) is 0 Å². The number of nitrogens with two attached hydrogens (primary N) is 1. The molecule has 1 aliphatic carbocycles. The number of nitrogens with zero attached hydrogens (tertiary/aromatic N) is 1. The number of likely N-dealkylation sites (tertiary alicyclic amines) is 1. The predicted molar refractivity (Wildman–Crippen MR) is 64.7 cm³/mol. The van der Waals surface area contributed by atoms with Crippen LogP contribution >= 0.6 is 0 Å². The highest BCUT2D eigenvalue weighted by atomic mass is 15.2. The normalized spacial score (nSPS) is 37.0. The topological polar surface area (TPSA) is 29.3 Å². The highest BCUT2D eigenvalue weighted by molar-refractivity contribution is 4.86. The molecule has 1 heterocycles. The average Bonchev–Trinajstić information content (AvgIpc) is 2.67. The van der Waals surface area contributed by atoms with Gasteiger partial charge in [-0.05, 0) is 38.0 Å². The number of hydrogen-bond donors (Lipinski definition) is 1. The zero-order valence-corrected chi connectivity index (χ0v) is 10.3. The molecular weight excluding hydrogens is 184 g/mol. The fraction of sp³-hybridized carbons (Fsp3) is 1.00. The summed E-state index contributed by atoms with van der Waals surface area (Å²) in [6, 6.07) is 1.18. The Hall–Kier alpha value is -0.0800. The van der Waals surface area contributed by atoms with E-state index in [0.29, 0.717) is 6.04 Å². The van der Waals surface area contributed by atoms with E-state index in [9.17, 15) is 0 Å². The first-order valence-corrected chi connectivity index (χ1v) is 6.66. The SMILES string of the molecule is CC1CC(N)CN(C(C)C2CCCC2)C1. The van der Waals surface area contributed by atoms with Crippen molar-refractivity contribution in [2.75, 3.05) is 13.1 Å². The lowest BCUT2D eigenvalue weighted by Crippen LogP contribution is -2.51. The van der Waals surface area contributed by atoms with Crippen molar-refractivity contribution >= 4 is 0 Å². The summed E-state index contributed by atoms with van der Waals surface area (Å²) in [5.74, 6) is 1.74. The van der Waals surface area contributed by atoms with E-state index in [1.54, 1.807) is 0 Å². The Morgan fingerprint density at radius 2 is 1.87 bits per heavy atom. The zero-order chi connectivity index (χ0) is 10.8. The molecule has 0 amide bonds. The van der Waals surface area contributed by atoms with Gasteiger partial charge in [0.1, 0.15) is 0 Å². The maximum absolute atomic E-state index is 6.11. The Morgan fingerprint density at radius 1 is 1.20 bits per heavy atom. The molecule has 2 N–H and O–H groups in total. The van der Waals surface area contributed by atoms with Gasteiger partial charge < -0.3 is 5.73 Å². The van der Waals surface area contributed by atoms with Crippen LogP contribution in [0.1, 0.15) is 46.0 Å². The molecule has 3 atom stereocenters. The van der Waals surface area contributed by atoms with Crippen molar-refractivity contribution in [2.45, 2.75) is 58.0 Å². The Balaban J connectivity index is 1.90. The first kappa shape index (κ1) is 11.4. The lowest BCUT2D eigenvalue weighted by Gasteiger charge is -2.40. The third-order valence-corrected chi connectivity index (χ3v) is 4.38. The van der Waals surface area contributed by atoms with Crippen LogP contribution in [0.4, 0.5) is 0 Å². The summed E-state index contributed by atoms with van der Waals surface area (Å²) in [5, 5.41) is 0. The van der Waals surface area contributed by atoms with Crippen LogP contribution in [0.5, 0.6) is 0 Å². The monoisotopic (exact) mass is 210 g/mol. The van der Waals surface area contributed by atoms with E-state index in [2.05, 4.69) is 18.7 Å². The van der Waals surface area contributed by atoms with E-state index >= 15 is 0 Å². The molecule has 0 aromatic heterocycles. The Bertz CT molecular complexity index is 189. The fourth-order valence-electron chi connectivity index (χ4n) is 3.51. The number of piperidine rings is 1. The molecule has 2 fully saturated rings. The van der Waals surface area contributed by atoms with Crippen molar-refractivity contribution in [3.63, 3.8) is 0 Å². The Labute approximate surface area is 94.2 Å². The first-order chi connectivity index (χ1) is 7.16. The molecule has 15 heavy (non-hydrogen) atoms. The highest BCUT2D eigenvalue weighted by Crippen LogP contribution is 2.31. The second-order valence-corrected chi connectivity index (χ2v) is 5.84. The minimum absolute atomic E-state index is 0.414. The molecule has 1 aliphatic heterocycles. The van der Waals surface area contributed by atoms with Gasteiger partial charge in [-0.1, -0.05) is 19.8 Å². The lowest BCUT2D eigenvalue weighted by molar-refractivity contribution is 0.0917. The smallest absolute Gasteiger partial charge is 0.0170 e. The molecule has 3 unspecified atom stereocenters. The highest BCUT2D eigenvalue weighted by Gasteiger charge is 2.30. The summed E-state index contributed by atoms with van der Waals surface area (Å²) < 4.78 is 0. The van der Waals surface area contributed by atoms with Crippen LogP contribution < -0.4 is 5.73 Å². The summed E-state index contributed by atoms with van der Waals surface area (Å²) in [7, 11) is 0. The van der Waals surface area contributed by atoms with Gasteiger partial charge in [-0.2, -0.15) is 0 Å². The molecule has 0 bridgehead atoms. The summed E-state index contributed by atoms with van der Waals surface area (Å²) in [6.07, 6.45) is 7.01. The van der Waals surface area contributed by atoms with Gasteiger partial charge in [0.25, 0.3) is 0 Å². The maximum atomic E-state index is 6.11. The van der Waals surface area contributed by atoms with Crippen LogP contribution in [0.2, 0.25) is 0 Å². The number of hydrogen-bond acceptors (Lipinski definition) is 2. The van der Waals surface area contributed by atoms with Gasteiger partial charge in [-0.15, -0.1) is 0 Å². The van der Waals surface area contributed by atoms with Gasteiger partial charge in [0.2, 0.25) is 0 Å². The molecule has 0 aromatic carbocycles. The van der Waals surface area contributed by atoms with Crippen molar-refractivity contribution < 1.29 is 0 Å². The van der Waals surface area contributed by atoms with Crippen LogP contribution in [-0.2, 0) is 0 Å². The molecular formula is C13H26N2. The van der Waals surface area contributed by atoms with Crippen molar-refractivity contribution in [1.29, 1.82) is 0 Å². The van der Waals surface area contributed by atoms with E-state index in [4.69, 9.17) is 5.73 Å². The molecule has 2 heteroatoms. The molecule has 0 spiro atoms. The molecule has 1 saturated heterocycles. The van der Waals surface area contributed by atoms with Gasteiger partial charge in [-0.25, -0.2) is 0 Å². The van der Waals surface area contributed by atoms with Gasteiger partial charge in [0.15, 0.2) is 0 Å². The third kappa shape index (κ3) is 2.73. The van der Waals surface area contributed by atoms with Gasteiger partial charge in [0, 0.05) is 25.2 Å². The second kappa shape index (κ2) is 4.84. The summed E-state index contributed by atoms with van der Waals surface area (Å²) in [5.41, 5.74) is 6.11. The molecule has 2 nitrogen and oxygen atoms in total. The molecule has 2 rings (SSSR count). The largest absolute Gasteiger partial charge is 0.327 e. The van der Waals surface area contributed by atoms with Crippen LogP contribution in [0.15, 0.2) is 0 Å². The molecule has 88 valence electrons. The van der Waals surface area contributed by atoms with Crippen LogP contribution in [0.25, 0.3) is 0 Å². The summed E-state index contributed by atoms with van der Waals surface area (Å²) in [6.45, 7) is 7.15. The first-order valence-electron chi connectivity index (χ1n) is 6.66. The molecule has 2 aliphatic rings. The van der Waals surface area contributed by atoms with Crippen molar-refractivity contribution in [2.24, 2.45) is 17.6 Å².